The van der Waals surface area contributed by atoms with Gasteiger partial charge in [-0.05, 0) is 61.4 Å². The summed E-state index contributed by atoms with van der Waals surface area (Å²) in [7, 11) is -2.54. The Morgan fingerprint density at radius 3 is 2.08 bits per heavy atom. The van der Waals surface area contributed by atoms with Crippen molar-refractivity contribution in [3.8, 4) is 11.5 Å². The van der Waals surface area contributed by atoms with Crippen LogP contribution in [0, 0.1) is 0 Å². The number of sulfone groups is 1. The molecule has 0 aliphatic rings. The number of hydrogen-bond donors (Lipinski definition) is 3. The van der Waals surface area contributed by atoms with Gasteiger partial charge in [-0.1, -0.05) is 12.7 Å². The van der Waals surface area contributed by atoms with E-state index in [1.165, 1.54) is 43.5 Å². The lowest BCUT2D eigenvalue weighted by Crippen LogP contribution is -2.43. The van der Waals surface area contributed by atoms with Gasteiger partial charge in [0.25, 0.3) is 5.91 Å². The van der Waals surface area contributed by atoms with E-state index in [9.17, 15) is 18.0 Å². The minimum Gasteiger partial charge on any atom is -0.490 e. The Kier molecular flexibility index (Phi) is 10.7. The molecule has 0 bridgehead atoms. The molecule has 1 amide bonds. The summed E-state index contributed by atoms with van der Waals surface area (Å²) in [6.45, 7) is 3.78. The summed E-state index contributed by atoms with van der Waals surface area (Å²) < 4.78 is 41.2. The maximum absolute atomic E-state index is 12.9. The van der Waals surface area contributed by atoms with Crippen molar-refractivity contribution in [1.29, 1.82) is 0 Å². The van der Waals surface area contributed by atoms with Crippen LogP contribution in [0.1, 0.15) is 12.8 Å². The van der Waals surface area contributed by atoms with Gasteiger partial charge in [0, 0.05) is 6.54 Å². The first-order valence-corrected chi connectivity index (χ1v) is 12.4. The lowest BCUT2D eigenvalue weighted by atomic mass is 10.1. The number of amides is 1. The SMILES string of the molecule is C=CCOc1ccc(S(=O)(=O)c2ccc(OCC(=O)N[C@@H](CCCN=C(N)N)C(=O)OC)cc2)cc1. The number of benzene rings is 2. The van der Waals surface area contributed by atoms with Crippen molar-refractivity contribution >= 4 is 27.7 Å². The van der Waals surface area contributed by atoms with Crippen molar-refractivity contribution in [2.45, 2.75) is 28.7 Å². The van der Waals surface area contributed by atoms with Gasteiger partial charge < -0.3 is 31.0 Å². The molecule has 12 heteroatoms. The first kappa shape index (κ1) is 28.2. The number of carbonyl (C=O) groups is 2. The van der Waals surface area contributed by atoms with Crippen LogP contribution in [0.3, 0.4) is 0 Å². The number of guanidine groups is 1. The van der Waals surface area contributed by atoms with Gasteiger partial charge in [0.15, 0.2) is 12.6 Å². The summed E-state index contributed by atoms with van der Waals surface area (Å²) in [6.07, 6.45) is 2.30. The third-order valence-corrected chi connectivity index (χ3v) is 6.56. The zero-order chi connectivity index (χ0) is 26.6. The number of aliphatic imine (C=N–C) groups is 1. The minimum absolute atomic E-state index is 0.0607. The van der Waals surface area contributed by atoms with E-state index in [1.807, 2.05) is 0 Å². The van der Waals surface area contributed by atoms with Crippen LogP contribution in [0.4, 0.5) is 0 Å². The molecule has 0 aromatic heterocycles. The standard InChI is InChI=1S/C24H30N4O7S/c1-3-15-34-17-6-10-19(11-7-17)36(31,32)20-12-8-18(9-13-20)35-16-22(29)28-21(23(30)33-2)5-4-14-27-24(25)26/h3,6-13,21H,1,4-5,14-16H2,2H3,(H,28,29)(H4,25,26,27)/t21-/m0/s1. The van der Waals surface area contributed by atoms with Gasteiger partial charge in [0.1, 0.15) is 24.1 Å². The number of nitrogens with two attached hydrogens (primary N) is 2. The number of nitrogens with one attached hydrogen (secondary N) is 1. The monoisotopic (exact) mass is 518 g/mol. The molecule has 2 rings (SSSR count). The quantitative estimate of drug-likeness (QED) is 0.109. The van der Waals surface area contributed by atoms with Gasteiger partial charge in [-0.3, -0.25) is 9.79 Å². The lowest BCUT2D eigenvalue weighted by Gasteiger charge is -2.16. The van der Waals surface area contributed by atoms with Crippen molar-refractivity contribution in [1.82, 2.24) is 5.32 Å². The molecule has 2 aromatic carbocycles. The molecule has 11 nitrogen and oxygen atoms in total. The molecule has 0 saturated heterocycles. The second-order valence-electron chi connectivity index (χ2n) is 7.43. The van der Waals surface area contributed by atoms with E-state index >= 15 is 0 Å². The molecule has 194 valence electrons. The number of hydrogen-bond acceptors (Lipinski definition) is 8. The van der Waals surface area contributed by atoms with E-state index in [4.69, 9.17) is 25.7 Å². The van der Waals surface area contributed by atoms with Crippen LogP contribution in [0.25, 0.3) is 0 Å². The number of ether oxygens (including phenoxy) is 3. The van der Waals surface area contributed by atoms with Crippen molar-refractivity contribution in [2.24, 2.45) is 16.5 Å². The van der Waals surface area contributed by atoms with Crippen LogP contribution >= 0.6 is 0 Å². The Morgan fingerprint density at radius 2 is 1.58 bits per heavy atom. The molecule has 0 spiro atoms. The molecule has 36 heavy (non-hydrogen) atoms. The van der Waals surface area contributed by atoms with E-state index in [2.05, 4.69) is 16.9 Å². The fourth-order valence-corrected chi connectivity index (χ4v) is 4.26. The highest BCUT2D eigenvalue weighted by Gasteiger charge is 2.22. The topological polar surface area (TPSA) is 172 Å². The molecule has 0 fully saturated rings. The van der Waals surface area contributed by atoms with Crippen molar-refractivity contribution < 1.29 is 32.2 Å². The highest BCUT2D eigenvalue weighted by atomic mass is 32.2. The largest absolute Gasteiger partial charge is 0.490 e. The molecule has 0 radical (unpaired) electrons. The summed E-state index contributed by atoms with van der Waals surface area (Å²) >= 11 is 0. The number of rotatable bonds is 14. The Labute approximate surface area is 210 Å². The Hall–Kier alpha value is -4.06. The Balaban J connectivity index is 1.94. The zero-order valence-electron chi connectivity index (χ0n) is 19.9. The van der Waals surface area contributed by atoms with E-state index in [-0.39, 0.29) is 34.5 Å². The van der Waals surface area contributed by atoms with Crippen LogP contribution in [0.5, 0.6) is 11.5 Å². The summed E-state index contributed by atoms with van der Waals surface area (Å²) in [5, 5.41) is 2.54. The smallest absolute Gasteiger partial charge is 0.328 e. The molecule has 0 aliphatic carbocycles. The maximum atomic E-state index is 12.9. The fourth-order valence-electron chi connectivity index (χ4n) is 3.00. The van der Waals surface area contributed by atoms with Crippen LogP contribution in [-0.2, 0) is 24.2 Å². The molecular formula is C24H30N4O7S. The second-order valence-corrected chi connectivity index (χ2v) is 9.38. The van der Waals surface area contributed by atoms with Gasteiger partial charge in [0.2, 0.25) is 9.84 Å². The van der Waals surface area contributed by atoms with E-state index in [0.29, 0.717) is 25.3 Å². The normalized spacial score (nSPS) is 11.6. The second kappa shape index (κ2) is 13.7. The van der Waals surface area contributed by atoms with Crippen LogP contribution in [0.15, 0.2) is 76.0 Å². The first-order valence-electron chi connectivity index (χ1n) is 10.9. The average molecular weight is 519 g/mol. The predicted octanol–water partition coefficient (Wildman–Crippen LogP) is 1.17. The molecule has 2 aromatic rings. The third-order valence-electron chi connectivity index (χ3n) is 4.77. The fraction of sp³-hybridized carbons (Fsp3) is 0.292. The van der Waals surface area contributed by atoms with Crippen LogP contribution in [0.2, 0.25) is 0 Å². The van der Waals surface area contributed by atoms with Crippen molar-refractivity contribution in [3.05, 3.63) is 61.2 Å². The van der Waals surface area contributed by atoms with Crippen LogP contribution in [-0.4, -0.2) is 59.2 Å². The summed E-state index contributed by atoms with van der Waals surface area (Å²) in [5.74, 6) is -0.419. The Morgan fingerprint density at radius 1 is 1.03 bits per heavy atom. The van der Waals surface area contributed by atoms with E-state index in [0.717, 1.165) is 0 Å². The lowest BCUT2D eigenvalue weighted by molar-refractivity contribution is -0.145. The molecule has 1 atom stereocenters. The molecular weight excluding hydrogens is 488 g/mol. The molecule has 0 saturated carbocycles. The summed E-state index contributed by atoms with van der Waals surface area (Å²) in [4.78, 5) is 28.2. The molecule has 0 aliphatic heterocycles. The number of carbonyl (C=O) groups excluding carboxylic acids is 2. The van der Waals surface area contributed by atoms with Crippen molar-refractivity contribution in [2.75, 3.05) is 26.9 Å². The van der Waals surface area contributed by atoms with E-state index in [1.54, 1.807) is 18.2 Å². The number of nitrogens with zero attached hydrogens (tertiary/aromatic N) is 1. The minimum atomic E-state index is -3.76. The third kappa shape index (κ3) is 8.62. The first-order chi connectivity index (χ1) is 17.2. The van der Waals surface area contributed by atoms with Gasteiger partial charge in [-0.15, -0.1) is 0 Å². The average Bonchev–Trinajstić information content (AvgIpc) is 2.87. The number of esters is 1. The van der Waals surface area contributed by atoms with Gasteiger partial charge in [0.05, 0.1) is 16.9 Å². The highest BCUT2D eigenvalue weighted by molar-refractivity contribution is 7.91. The van der Waals surface area contributed by atoms with Gasteiger partial charge in [-0.2, -0.15) is 0 Å². The number of methoxy groups -OCH3 is 1. The summed E-state index contributed by atoms with van der Waals surface area (Å²) in [6, 6.07) is 10.8. The van der Waals surface area contributed by atoms with Crippen LogP contribution < -0.4 is 26.3 Å². The molecule has 5 N–H and O–H groups in total. The predicted molar refractivity (Wildman–Crippen MR) is 133 cm³/mol. The highest BCUT2D eigenvalue weighted by Crippen LogP contribution is 2.25. The van der Waals surface area contributed by atoms with Gasteiger partial charge in [-0.25, -0.2) is 13.2 Å². The zero-order valence-corrected chi connectivity index (χ0v) is 20.7. The maximum Gasteiger partial charge on any atom is 0.328 e. The molecule has 0 unspecified atom stereocenters. The Bertz CT molecular complexity index is 1160. The van der Waals surface area contributed by atoms with E-state index < -0.39 is 27.8 Å². The van der Waals surface area contributed by atoms with Crippen molar-refractivity contribution in [3.63, 3.8) is 0 Å². The summed E-state index contributed by atoms with van der Waals surface area (Å²) in [5.41, 5.74) is 10.5. The van der Waals surface area contributed by atoms with Gasteiger partial charge >= 0.3 is 5.97 Å². The molecule has 0 heterocycles.